The Morgan fingerprint density at radius 3 is 2.55 bits per heavy atom. The van der Waals surface area contributed by atoms with Gasteiger partial charge in [-0.2, -0.15) is 5.10 Å². The molecule has 116 valence electrons. The largest absolute Gasteiger partial charge is 0.351 e. The van der Waals surface area contributed by atoms with Crippen molar-refractivity contribution in [1.29, 1.82) is 0 Å². The molecule has 0 bridgehead atoms. The number of hydrogen-bond donors (Lipinski definition) is 1. The first kappa shape index (κ1) is 15.8. The van der Waals surface area contributed by atoms with Crippen LogP contribution in [-0.2, 0) is 4.79 Å². The molecule has 6 nitrogen and oxygen atoms in total. The molecule has 0 atom stereocenters. The smallest absolute Gasteiger partial charge is 0.254 e. The number of rotatable bonds is 5. The van der Waals surface area contributed by atoms with Gasteiger partial charge >= 0.3 is 0 Å². The molecule has 6 heteroatoms. The monoisotopic (exact) mass is 300 g/mol. The maximum Gasteiger partial charge on any atom is 0.254 e. The van der Waals surface area contributed by atoms with Crippen molar-refractivity contribution in [3.63, 3.8) is 0 Å². The molecule has 2 rings (SSSR count). The molecule has 22 heavy (non-hydrogen) atoms. The molecule has 0 saturated carbocycles. The Balaban J connectivity index is 2.02. The van der Waals surface area contributed by atoms with Crippen molar-refractivity contribution in [3.8, 4) is 5.69 Å². The molecular formula is C16H20N4O2. The van der Waals surface area contributed by atoms with Crippen LogP contribution in [-0.4, -0.2) is 47.1 Å². The lowest BCUT2D eigenvalue weighted by atomic mass is 10.2. The average Bonchev–Trinajstić information content (AvgIpc) is 2.90. The van der Waals surface area contributed by atoms with E-state index in [0.29, 0.717) is 17.8 Å². The van der Waals surface area contributed by atoms with Crippen LogP contribution < -0.4 is 5.32 Å². The van der Waals surface area contributed by atoms with E-state index in [9.17, 15) is 9.59 Å². The highest BCUT2D eigenvalue weighted by Crippen LogP contribution is 2.11. The Morgan fingerprint density at radius 1 is 1.23 bits per heavy atom. The molecule has 0 radical (unpaired) electrons. The maximum absolute atomic E-state index is 12.2. The second-order valence-corrected chi connectivity index (χ2v) is 5.20. The van der Waals surface area contributed by atoms with E-state index in [2.05, 4.69) is 10.4 Å². The van der Waals surface area contributed by atoms with Gasteiger partial charge in [0, 0.05) is 33.3 Å². The molecule has 0 fully saturated rings. The first-order chi connectivity index (χ1) is 10.5. The third-order valence-electron chi connectivity index (χ3n) is 3.29. The van der Waals surface area contributed by atoms with Crippen molar-refractivity contribution in [1.82, 2.24) is 20.0 Å². The molecule has 1 heterocycles. The van der Waals surface area contributed by atoms with E-state index in [0.717, 1.165) is 5.69 Å². The fraction of sp³-hybridized carbons (Fsp3) is 0.312. The molecule has 1 aromatic heterocycles. The summed E-state index contributed by atoms with van der Waals surface area (Å²) in [7, 11) is 3.39. The SMILES string of the molecule is Cc1nn(-c2ccccc2)cc1C(=O)NCCC(=O)N(C)C. The van der Waals surface area contributed by atoms with Crippen LogP contribution in [0.25, 0.3) is 5.69 Å². The molecule has 0 saturated heterocycles. The Labute approximate surface area is 129 Å². The van der Waals surface area contributed by atoms with E-state index >= 15 is 0 Å². The van der Waals surface area contributed by atoms with E-state index in [1.165, 1.54) is 4.90 Å². The van der Waals surface area contributed by atoms with Gasteiger partial charge in [-0.1, -0.05) is 18.2 Å². The number of nitrogens with one attached hydrogen (secondary N) is 1. The van der Waals surface area contributed by atoms with E-state index < -0.39 is 0 Å². The summed E-state index contributed by atoms with van der Waals surface area (Å²) < 4.78 is 1.68. The van der Waals surface area contributed by atoms with Crippen molar-refractivity contribution in [2.45, 2.75) is 13.3 Å². The molecule has 0 unspecified atom stereocenters. The van der Waals surface area contributed by atoms with Gasteiger partial charge < -0.3 is 10.2 Å². The number of aromatic nitrogens is 2. The lowest BCUT2D eigenvalue weighted by Gasteiger charge is -2.10. The zero-order valence-corrected chi connectivity index (χ0v) is 13.0. The highest BCUT2D eigenvalue weighted by Gasteiger charge is 2.14. The van der Waals surface area contributed by atoms with Gasteiger partial charge in [-0.15, -0.1) is 0 Å². The van der Waals surface area contributed by atoms with Crippen molar-refractivity contribution >= 4 is 11.8 Å². The summed E-state index contributed by atoms with van der Waals surface area (Å²) in [6.07, 6.45) is 1.98. The topological polar surface area (TPSA) is 67.2 Å². The van der Waals surface area contributed by atoms with Gasteiger partial charge in [0.25, 0.3) is 5.91 Å². The summed E-state index contributed by atoms with van der Waals surface area (Å²) in [6, 6.07) is 9.60. The minimum Gasteiger partial charge on any atom is -0.351 e. The predicted molar refractivity (Wildman–Crippen MR) is 83.9 cm³/mol. The van der Waals surface area contributed by atoms with Crippen LogP contribution in [0.1, 0.15) is 22.5 Å². The fourth-order valence-electron chi connectivity index (χ4n) is 2.00. The summed E-state index contributed by atoms with van der Waals surface area (Å²) in [5.41, 5.74) is 2.06. The Kier molecular flexibility index (Phi) is 4.93. The van der Waals surface area contributed by atoms with Gasteiger partial charge in [0.2, 0.25) is 5.91 Å². The number of hydrogen-bond acceptors (Lipinski definition) is 3. The van der Waals surface area contributed by atoms with E-state index in [1.54, 1.807) is 31.9 Å². The average molecular weight is 300 g/mol. The summed E-state index contributed by atoms with van der Waals surface area (Å²) >= 11 is 0. The third kappa shape index (κ3) is 3.72. The zero-order chi connectivity index (χ0) is 16.1. The first-order valence-electron chi connectivity index (χ1n) is 7.09. The number of nitrogens with zero attached hydrogens (tertiary/aromatic N) is 3. The quantitative estimate of drug-likeness (QED) is 0.907. The van der Waals surface area contributed by atoms with Gasteiger partial charge in [-0.3, -0.25) is 9.59 Å². The standard InChI is InChI=1S/C16H20N4O2/c1-12-14(16(22)17-10-9-15(21)19(2)3)11-20(18-12)13-7-5-4-6-8-13/h4-8,11H,9-10H2,1-3H3,(H,17,22). The molecule has 0 aliphatic carbocycles. The van der Waals surface area contributed by atoms with Crippen LogP contribution in [0, 0.1) is 6.92 Å². The minimum absolute atomic E-state index is 0.0167. The molecule has 1 N–H and O–H groups in total. The van der Waals surface area contributed by atoms with Crippen molar-refractivity contribution in [2.24, 2.45) is 0 Å². The second-order valence-electron chi connectivity index (χ2n) is 5.20. The van der Waals surface area contributed by atoms with Crippen LogP contribution in [0.2, 0.25) is 0 Å². The van der Waals surface area contributed by atoms with Crippen molar-refractivity contribution in [3.05, 3.63) is 47.8 Å². The molecule has 0 spiro atoms. The number of aryl methyl sites for hydroxylation is 1. The number of amides is 2. The number of carbonyl (C=O) groups is 2. The number of carbonyl (C=O) groups excluding carboxylic acids is 2. The molecule has 0 aliphatic heterocycles. The first-order valence-corrected chi connectivity index (χ1v) is 7.09. The Morgan fingerprint density at radius 2 is 1.91 bits per heavy atom. The van der Waals surface area contributed by atoms with Gasteiger partial charge in [-0.05, 0) is 19.1 Å². The summed E-state index contributed by atoms with van der Waals surface area (Å²) in [5.74, 6) is -0.233. The molecule has 0 aliphatic rings. The number of para-hydroxylation sites is 1. The second kappa shape index (κ2) is 6.89. The number of benzene rings is 1. The highest BCUT2D eigenvalue weighted by molar-refractivity contribution is 5.95. The fourth-order valence-corrected chi connectivity index (χ4v) is 2.00. The predicted octanol–water partition coefficient (Wildman–Crippen LogP) is 1.39. The Hall–Kier alpha value is -2.63. The highest BCUT2D eigenvalue weighted by atomic mass is 16.2. The van der Waals surface area contributed by atoms with Gasteiger partial charge in [0.1, 0.15) is 0 Å². The Bertz CT molecular complexity index is 662. The minimum atomic E-state index is -0.216. The summed E-state index contributed by atoms with van der Waals surface area (Å²) in [4.78, 5) is 25.2. The van der Waals surface area contributed by atoms with Crippen molar-refractivity contribution in [2.75, 3.05) is 20.6 Å². The van der Waals surface area contributed by atoms with Gasteiger partial charge in [-0.25, -0.2) is 4.68 Å². The van der Waals surface area contributed by atoms with Crippen LogP contribution >= 0.6 is 0 Å². The lowest BCUT2D eigenvalue weighted by molar-refractivity contribution is -0.128. The van der Waals surface area contributed by atoms with E-state index in [1.807, 2.05) is 30.3 Å². The maximum atomic E-state index is 12.2. The third-order valence-corrected chi connectivity index (χ3v) is 3.29. The van der Waals surface area contributed by atoms with Gasteiger partial charge in [0.05, 0.1) is 16.9 Å². The summed E-state index contributed by atoms with van der Waals surface area (Å²) in [6.45, 7) is 2.10. The molecule has 2 amide bonds. The summed E-state index contributed by atoms with van der Waals surface area (Å²) in [5, 5.41) is 7.10. The molecule has 2 aromatic rings. The normalized spacial score (nSPS) is 10.3. The zero-order valence-electron chi connectivity index (χ0n) is 13.0. The molecular weight excluding hydrogens is 280 g/mol. The van der Waals surface area contributed by atoms with Crippen LogP contribution in [0.3, 0.4) is 0 Å². The van der Waals surface area contributed by atoms with Crippen LogP contribution in [0.15, 0.2) is 36.5 Å². The van der Waals surface area contributed by atoms with E-state index in [4.69, 9.17) is 0 Å². The van der Waals surface area contributed by atoms with Crippen molar-refractivity contribution < 1.29 is 9.59 Å². The van der Waals surface area contributed by atoms with Crippen LogP contribution in [0.4, 0.5) is 0 Å². The van der Waals surface area contributed by atoms with Gasteiger partial charge in [0.15, 0.2) is 0 Å². The van der Waals surface area contributed by atoms with Crippen LogP contribution in [0.5, 0.6) is 0 Å². The van der Waals surface area contributed by atoms with E-state index in [-0.39, 0.29) is 18.2 Å². The lowest BCUT2D eigenvalue weighted by Crippen LogP contribution is -2.30. The molecule has 1 aromatic carbocycles.